The first kappa shape index (κ1) is 12.2. The zero-order valence-corrected chi connectivity index (χ0v) is 11.1. The summed E-state index contributed by atoms with van der Waals surface area (Å²) in [4.78, 5) is 2.35. The van der Waals surface area contributed by atoms with E-state index in [-0.39, 0.29) is 0 Å². The molecule has 2 unspecified atom stereocenters. The largest absolute Gasteiger partial charge is 0.382 e. The number of rotatable bonds is 5. The van der Waals surface area contributed by atoms with Gasteiger partial charge in [0.25, 0.3) is 0 Å². The Hall–Kier alpha value is 0.137. The zero-order chi connectivity index (χ0) is 10.4. The van der Waals surface area contributed by atoms with Gasteiger partial charge in [-0.05, 0) is 39.5 Å². The molecule has 0 aliphatic carbocycles. The van der Waals surface area contributed by atoms with Crippen molar-refractivity contribution in [3.8, 4) is 0 Å². The SMILES string of the molecule is CCC[SiH](CN(C)C)C1CCCCO1. The maximum atomic E-state index is 5.93. The van der Waals surface area contributed by atoms with E-state index in [1.165, 1.54) is 37.9 Å². The van der Waals surface area contributed by atoms with Crippen LogP contribution < -0.4 is 0 Å². The van der Waals surface area contributed by atoms with Crippen LogP contribution in [0, 0.1) is 0 Å². The first-order chi connectivity index (χ1) is 6.74. The van der Waals surface area contributed by atoms with E-state index in [9.17, 15) is 0 Å². The average molecular weight is 215 g/mol. The molecule has 84 valence electrons. The zero-order valence-electron chi connectivity index (χ0n) is 9.96. The number of ether oxygens (including phenoxy) is 1. The number of nitrogens with zero attached hydrogens (tertiary/aromatic N) is 1. The highest BCUT2D eigenvalue weighted by molar-refractivity contribution is 6.60. The van der Waals surface area contributed by atoms with Crippen LogP contribution in [0.4, 0.5) is 0 Å². The molecule has 2 nitrogen and oxygen atoms in total. The van der Waals surface area contributed by atoms with Crippen molar-refractivity contribution in [1.29, 1.82) is 0 Å². The third kappa shape index (κ3) is 4.11. The fourth-order valence-electron chi connectivity index (χ4n) is 2.37. The van der Waals surface area contributed by atoms with Gasteiger partial charge in [0.05, 0.1) is 8.80 Å². The van der Waals surface area contributed by atoms with Crippen molar-refractivity contribution < 1.29 is 4.74 Å². The lowest BCUT2D eigenvalue weighted by atomic mass is 10.2. The molecule has 2 atom stereocenters. The lowest BCUT2D eigenvalue weighted by Gasteiger charge is -2.31. The van der Waals surface area contributed by atoms with E-state index < -0.39 is 8.80 Å². The van der Waals surface area contributed by atoms with Crippen LogP contribution in [0.1, 0.15) is 32.6 Å². The van der Waals surface area contributed by atoms with E-state index in [0.717, 1.165) is 6.61 Å². The predicted molar refractivity (Wildman–Crippen MR) is 64.4 cm³/mol. The first-order valence-electron chi connectivity index (χ1n) is 6.00. The van der Waals surface area contributed by atoms with Gasteiger partial charge >= 0.3 is 0 Å². The molecule has 1 saturated heterocycles. The highest BCUT2D eigenvalue weighted by Crippen LogP contribution is 2.18. The van der Waals surface area contributed by atoms with Gasteiger partial charge < -0.3 is 9.64 Å². The maximum absolute atomic E-state index is 5.93. The summed E-state index contributed by atoms with van der Waals surface area (Å²) in [6, 6.07) is 1.45. The smallest absolute Gasteiger partial charge is 0.0869 e. The van der Waals surface area contributed by atoms with Crippen molar-refractivity contribution in [2.45, 2.75) is 44.4 Å². The summed E-state index contributed by atoms with van der Waals surface area (Å²) in [5.74, 6) is 0. The van der Waals surface area contributed by atoms with Crippen LogP contribution in [0.25, 0.3) is 0 Å². The Morgan fingerprint density at radius 2 is 2.14 bits per heavy atom. The van der Waals surface area contributed by atoms with Crippen molar-refractivity contribution in [3.05, 3.63) is 0 Å². The molecule has 1 aliphatic heterocycles. The molecule has 1 aliphatic rings. The van der Waals surface area contributed by atoms with E-state index in [1.54, 1.807) is 0 Å². The van der Waals surface area contributed by atoms with Gasteiger partial charge in [-0.2, -0.15) is 0 Å². The van der Waals surface area contributed by atoms with Gasteiger partial charge in [-0.3, -0.25) is 0 Å². The van der Waals surface area contributed by atoms with E-state index in [0.29, 0.717) is 5.73 Å². The molecule has 0 amide bonds. The van der Waals surface area contributed by atoms with Gasteiger partial charge in [-0.25, -0.2) is 0 Å². The summed E-state index contributed by atoms with van der Waals surface area (Å²) in [5.41, 5.74) is 0.672. The summed E-state index contributed by atoms with van der Waals surface area (Å²) >= 11 is 0. The molecular weight excluding hydrogens is 190 g/mol. The van der Waals surface area contributed by atoms with Crippen molar-refractivity contribution in [1.82, 2.24) is 4.90 Å². The monoisotopic (exact) mass is 215 g/mol. The van der Waals surface area contributed by atoms with Crippen molar-refractivity contribution in [2.24, 2.45) is 0 Å². The van der Waals surface area contributed by atoms with Gasteiger partial charge in [-0.1, -0.05) is 19.4 Å². The van der Waals surface area contributed by atoms with Crippen LogP contribution in [0.2, 0.25) is 6.04 Å². The average Bonchev–Trinajstić information content (AvgIpc) is 2.18. The Bertz CT molecular complexity index is 146. The summed E-state index contributed by atoms with van der Waals surface area (Å²) in [6.45, 7) is 3.32. The molecule has 0 aromatic carbocycles. The molecule has 0 spiro atoms. The normalized spacial score (nSPS) is 25.3. The Morgan fingerprint density at radius 3 is 2.64 bits per heavy atom. The van der Waals surface area contributed by atoms with E-state index >= 15 is 0 Å². The topological polar surface area (TPSA) is 12.5 Å². The third-order valence-corrected chi connectivity index (χ3v) is 7.10. The molecule has 1 fully saturated rings. The molecule has 0 saturated carbocycles. The van der Waals surface area contributed by atoms with Gasteiger partial charge in [0.1, 0.15) is 0 Å². The van der Waals surface area contributed by atoms with Gasteiger partial charge in [0.2, 0.25) is 0 Å². The second kappa shape index (κ2) is 6.59. The van der Waals surface area contributed by atoms with E-state index in [2.05, 4.69) is 25.9 Å². The Labute approximate surface area is 90.2 Å². The second-order valence-corrected chi connectivity index (χ2v) is 7.92. The molecular formula is C11H25NOSi. The van der Waals surface area contributed by atoms with Crippen LogP contribution in [0.15, 0.2) is 0 Å². The molecule has 3 heteroatoms. The summed E-state index contributed by atoms with van der Waals surface area (Å²) in [5, 5.41) is 0. The molecule has 0 N–H and O–H groups in total. The third-order valence-electron chi connectivity index (χ3n) is 3.00. The summed E-state index contributed by atoms with van der Waals surface area (Å²) in [6.07, 6.45) is 6.67. The van der Waals surface area contributed by atoms with Crippen molar-refractivity contribution in [2.75, 3.05) is 26.9 Å². The standard InChI is InChI=1S/C11H25NOSi/c1-4-9-14(10-12(2)3)11-7-5-6-8-13-11/h11,14H,4-10H2,1-3H3. The highest BCUT2D eigenvalue weighted by atomic mass is 28.3. The fraction of sp³-hybridized carbons (Fsp3) is 1.00. The Kier molecular flexibility index (Phi) is 5.75. The molecule has 0 aromatic rings. The second-order valence-electron chi connectivity index (χ2n) is 4.72. The van der Waals surface area contributed by atoms with Crippen LogP contribution >= 0.6 is 0 Å². The van der Waals surface area contributed by atoms with Crippen molar-refractivity contribution >= 4 is 8.80 Å². The van der Waals surface area contributed by atoms with Crippen molar-refractivity contribution in [3.63, 3.8) is 0 Å². The van der Waals surface area contributed by atoms with E-state index in [4.69, 9.17) is 4.74 Å². The molecule has 0 aromatic heterocycles. The first-order valence-corrected chi connectivity index (χ1v) is 8.30. The highest BCUT2D eigenvalue weighted by Gasteiger charge is 2.25. The maximum Gasteiger partial charge on any atom is 0.0869 e. The quantitative estimate of drug-likeness (QED) is 0.649. The molecule has 0 radical (unpaired) electrons. The lowest BCUT2D eigenvalue weighted by Crippen LogP contribution is -2.43. The fourth-order valence-corrected chi connectivity index (χ4v) is 5.96. The van der Waals surface area contributed by atoms with Gasteiger partial charge in [0, 0.05) is 12.3 Å². The molecule has 0 bridgehead atoms. The predicted octanol–water partition coefficient (Wildman–Crippen LogP) is 1.83. The minimum Gasteiger partial charge on any atom is -0.382 e. The van der Waals surface area contributed by atoms with Crippen LogP contribution in [-0.4, -0.2) is 46.3 Å². The molecule has 1 heterocycles. The van der Waals surface area contributed by atoms with E-state index in [1.807, 2.05) is 0 Å². The van der Waals surface area contributed by atoms with Gasteiger partial charge in [0.15, 0.2) is 0 Å². The Balaban J connectivity index is 2.38. The summed E-state index contributed by atoms with van der Waals surface area (Å²) in [7, 11) is 3.72. The summed E-state index contributed by atoms with van der Waals surface area (Å²) < 4.78 is 5.93. The minimum absolute atomic E-state index is 0.669. The number of hydrogen-bond donors (Lipinski definition) is 0. The van der Waals surface area contributed by atoms with Crippen LogP contribution in [0.3, 0.4) is 0 Å². The van der Waals surface area contributed by atoms with Crippen LogP contribution in [-0.2, 0) is 4.74 Å². The van der Waals surface area contributed by atoms with Gasteiger partial charge in [-0.15, -0.1) is 0 Å². The minimum atomic E-state index is -0.669. The molecule has 1 rings (SSSR count). The van der Waals surface area contributed by atoms with Crippen LogP contribution in [0.5, 0.6) is 0 Å². The Morgan fingerprint density at radius 1 is 1.36 bits per heavy atom. The lowest BCUT2D eigenvalue weighted by molar-refractivity contribution is 0.0611. The molecule has 14 heavy (non-hydrogen) atoms. The number of hydrogen-bond acceptors (Lipinski definition) is 2.